The molecule has 0 unspecified atom stereocenters. The van der Waals surface area contributed by atoms with Crippen molar-refractivity contribution < 1.29 is 9.90 Å². The first-order valence-electron chi connectivity index (χ1n) is 7.35. The molecule has 0 saturated carbocycles. The van der Waals surface area contributed by atoms with Crippen molar-refractivity contribution in [3.8, 4) is 0 Å². The fraction of sp³-hybridized carbons (Fsp3) is 0.929. The number of hydrogen-bond donors (Lipinski definition) is 1. The van der Waals surface area contributed by atoms with Gasteiger partial charge in [-0.05, 0) is 19.3 Å². The summed E-state index contributed by atoms with van der Waals surface area (Å²) >= 11 is 0. The molecule has 1 saturated heterocycles. The smallest absolute Gasteiger partial charge is 0.236 e. The first-order valence-corrected chi connectivity index (χ1v) is 7.35. The van der Waals surface area contributed by atoms with Crippen molar-refractivity contribution in [2.24, 2.45) is 0 Å². The normalized spacial score (nSPS) is 20.3. The van der Waals surface area contributed by atoms with Gasteiger partial charge >= 0.3 is 0 Å². The molecule has 0 aromatic rings. The first kappa shape index (κ1) is 15.4. The SMILES string of the molecule is CCCCN(CCCC)C(=O)CN1CC[C@H](O)C1. The third-order valence-corrected chi connectivity index (χ3v) is 3.52. The van der Waals surface area contributed by atoms with Crippen LogP contribution in [-0.4, -0.2) is 59.6 Å². The Morgan fingerprint density at radius 1 is 1.28 bits per heavy atom. The molecule has 1 amide bonds. The van der Waals surface area contributed by atoms with E-state index in [4.69, 9.17) is 0 Å². The third kappa shape index (κ3) is 5.36. The summed E-state index contributed by atoms with van der Waals surface area (Å²) in [6.07, 6.45) is 4.97. The maximum absolute atomic E-state index is 12.2. The molecule has 4 nitrogen and oxygen atoms in total. The number of unbranched alkanes of at least 4 members (excludes halogenated alkanes) is 2. The summed E-state index contributed by atoms with van der Waals surface area (Å²) in [7, 11) is 0. The van der Waals surface area contributed by atoms with Gasteiger partial charge in [0.25, 0.3) is 0 Å². The summed E-state index contributed by atoms with van der Waals surface area (Å²) in [5.41, 5.74) is 0. The van der Waals surface area contributed by atoms with Crippen LogP contribution in [0.3, 0.4) is 0 Å². The number of likely N-dealkylation sites (tertiary alicyclic amines) is 1. The lowest BCUT2D eigenvalue weighted by Gasteiger charge is -2.25. The van der Waals surface area contributed by atoms with Crippen LogP contribution < -0.4 is 0 Å². The van der Waals surface area contributed by atoms with Gasteiger partial charge < -0.3 is 10.0 Å². The minimum atomic E-state index is -0.238. The minimum Gasteiger partial charge on any atom is -0.392 e. The van der Waals surface area contributed by atoms with E-state index in [1.54, 1.807) is 0 Å². The van der Waals surface area contributed by atoms with E-state index in [0.717, 1.165) is 51.7 Å². The van der Waals surface area contributed by atoms with Crippen LogP contribution in [0.15, 0.2) is 0 Å². The van der Waals surface area contributed by atoms with E-state index in [1.165, 1.54) is 0 Å². The zero-order chi connectivity index (χ0) is 13.4. The summed E-state index contributed by atoms with van der Waals surface area (Å²) in [4.78, 5) is 16.3. The van der Waals surface area contributed by atoms with Gasteiger partial charge in [0.05, 0.1) is 12.6 Å². The molecule has 0 aliphatic carbocycles. The number of hydrogen-bond acceptors (Lipinski definition) is 3. The Kier molecular flexibility index (Phi) is 7.28. The van der Waals surface area contributed by atoms with Crippen LogP contribution in [-0.2, 0) is 4.79 Å². The number of carbonyl (C=O) groups is 1. The summed E-state index contributed by atoms with van der Waals surface area (Å²) in [6.45, 7) is 8.05. The monoisotopic (exact) mass is 256 g/mol. The quantitative estimate of drug-likeness (QED) is 0.715. The van der Waals surface area contributed by atoms with Gasteiger partial charge in [0.15, 0.2) is 0 Å². The molecule has 1 aliphatic rings. The van der Waals surface area contributed by atoms with E-state index in [9.17, 15) is 9.90 Å². The molecule has 1 heterocycles. The van der Waals surface area contributed by atoms with Crippen molar-refractivity contribution in [2.45, 2.75) is 52.1 Å². The van der Waals surface area contributed by atoms with Gasteiger partial charge in [-0.25, -0.2) is 0 Å². The third-order valence-electron chi connectivity index (χ3n) is 3.52. The molecule has 1 aliphatic heterocycles. The second kappa shape index (κ2) is 8.48. The number of nitrogens with zero attached hydrogens (tertiary/aromatic N) is 2. The van der Waals surface area contributed by atoms with E-state index in [2.05, 4.69) is 18.7 Å². The molecule has 0 radical (unpaired) electrons. The number of aliphatic hydroxyl groups excluding tert-OH is 1. The van der Waals surface area contributed by atoms with Crippen LogP contribution >= 0.6 is 0 Å². The molecule has 1 fully saturated rings. The van der Waals surface area contributed by atoms with E-state index >= 15 is 0 Å². The molecule has 0 bridgehead atoms. The highest BCUT2D eigenvalue weighted by Crippen LogP contribution is 2.09. The summed E-state index contributed by atoms with van der Waals surface area (Å²) in [5, 5.41) is 9.47. The van der Waals surface area contributed by atoms with Crippen LogP contribution in [0.4, 0.5) is 0 Å². The van der Waals surface area contributed by atoms with Crippen molar-refractivity contribution in [1.29, 1.82) is 0 Å². The topological polar surface area (TPSA) is 43.8 Å². The highest BCUT2D eigenvalue weighted by Gasteiger charge is 2.23. The summed E-state index contributed by atoms with van der Waals surface area (Å²) in [5.74, 6) is 0.228. The van der Waals surface area contributed by atoms with Gasteiger partial charge in [-0.15, -0.1) is 0 Å². The van der Waals surface area contributed by atoms with Gasteiger partial charge in [-0.1, -0.05) is 26.7 Å². The number of amides is 1. The van der Waals surface area contributed by atoms with Gasteiger partial charge in [0.1, 0.15) is 0 Å². The number of rotatable bonds is 8. The van der Waals surface area contributed by atoms with Crippen molar-refractivity contribution in [3.05, 3.63) is 0 Å². The van der Waals surface area contributed by atoms with Crippen LogP contribution in [0, 0.1) is 0 Å². The van der Waals surface area contributed by atoms with E-state index in [0.29, 0.717) is 13.1 Å². The average Bonchev–Trinajstić information content (AvgIpc) is 2.75. The van der Waals surface area contributed by atoms with Crippen LogP contribution in [0.1, 0.15) is 46.0 Å². The molecular weight excluding hydrogens is 228 g/mol. The zero-order valence-electron chi connectivity index (χ0n) is 11.9. The first-order chi connectivity index (χ1) is 8.67. The van der Waals surface area contributed by atoms with Crippen LogP contribution in [0.25, 0.3) is 0 Å². The summed E-state index contributed by atoms with van der Waals surface area (Å²) < 4.78 is 0. The molecule has 1 atom stereocenters. The Hall–Kier alpha value is -0.610. The fourth-order valence-corrected chi connectivity index (χ4v) is 2.31. The molecule has 4 heteroatoms. The lowest BCUT2D eigenvalue weighted by molar-refractivity contribution is -0.132. The van der Waals surface area contributed by atoms with E-state index < -0.39 is 0 Å². The van der Waals surface area contributed by atoms with Crippen molar-refractivity contribution in [3.63, 3.8) is 0 Å². The maximum atomic E-state index is 12.2. The second-order valence-corrected chi connectivity index (χ2v) is 5.27. The van der Waals surface area contributed by atoms with Gasteiger partial charge in [0, 0.05) is 26.2 Å². The standard InChI is InChI=1S/C14H28N2O2/c1-3-5-8-16(9-6-4-2)14(18)12-15-10-7-13(17)11-15/h13,17H,3-12H2,1-2H3/t13-/m0/s1. The van der Waals surface area contributed by atoms with Gasteiger partial charge in [-0.2, -0.15) is 0 Å². The van der Waals surface area contributed by atoms with E-state index in [1.807, 2.05) is 4.90 Å². The Morgan fingerprint density at radius 2 is 1.89 bits per heavy atom. The highest BCUT2D eigenvalue weighted by atomic mass is 16.3. The molecule has 18 heavy (non-hydrogen) atoms. The Morgan fingerprint density at radius 3 is 2.33 bits per heavy atom. The largest absolute Gasteiger partial charge is 0.392 e. The second-order valence-electron chi connectivity index (χ2n) is 5.27. The average molecular weight is 256 g/mol. The Balaban J connectivity index is 2.37. The number of β-amino-alcohol motifs (C(OH)–C–C–N with tert-alkyl or cyclic N) is 1. The van der Waals surface area contributed by atoms with Crippen molar-refractivity contribution in [1.82, 2.24) is 9.80 Å². The van der Waals surface area contributed by atoms with Crippen LogP contribution in [0.5, 0.6) is 0 Å². The van der Waals surface area contributed by atoms with Gasteiger partial charge in [0.2, 0.25) is 5.91 Å². The number of carbonyl (C=O) groups excluding carboxylic acids is 1. The molecule has 0 aromatic carbocycles. The summed E-state index contributed by atoms with van der Waals surface area (Å²) in [6, 6.07) is 0. The van der Waals surface area contributed by atoms with E-state index in [-0.39, 0.29) is 12.0 Å². The predicted octanol–water partition coefficient (Wildman–Crippen LogP) is 1.48. The van der Waals surface area contributed by atoms with Crippen LogP contribution in [0.2, 0.25) is 0 Å². The molecule has 1 N–H and O–H groups in total. The molecule has 1 rings (SSSR count). The van der Waals surface area contributed by atoms with Crippen molar-refractivity contribution in [2.75, 3.05) is 32.7 Å². The minimum absolute atomic E-state index is 0.228. The fourth-order valence-electron chi connectivity index (χ4n) is 2.31. The predicted molar refractivity (Wildman–Crippen MR) is 73.5 cm³/mol. The lowest BCUT2D eigenvalue weighted by atomic mass is 10.2. The molecule has 0 spiro atoms. The highest BCUT2D eigenvalue weighted by molar-refractivity contribution is 5.78. The van der Waals surface area contributed by atoms with Crippen molar-refractivity contribution >= 4 is 5.91 Å². The zero-order valence-corrected chi connectivity index (χ0v) is 11.9. The number of aliphatic hydroxyl groups is 1. The molecule has 0 aromatic heterocycles. The Bertz CT molecular complexity index is 238. The maximum Gasteiger partial charge on any atom is 0.236 e. The van der Waals surface area contributed by atoms with Gasteiger partial charge in [-0.3, -0.25) is 9.69 Å². The Labute approximate surface area is 111 Å². The molecule has 106 valence electrons. The molecular formula is C14H28N2O2. The lowest BCUT2D eigenvalue weighted by Crippen LogP contribution is -2.40.